The smallest absolute Gasteiger partial charge is 0.0850 e. The van der Waals surface area contributed by atoms with Crippen LogP contribution < -0.4 is 0 Å². The van der Waals surface area contributed by atoms with Gasteiger partial charge in [-0.3, -0.25) is 9.97 Å². The Morgan fingerprint density at radius 2 is 1.92 bits per heavy atom. The summed E-state index contributed by atoms with van der Waals surface area (Å²) in [6.45, 7) is 0. The van der Waals surface area contributed by atoms with Gasteiger partial charge in [0.2, 0.25) is 0 Å². The number of halogens is 1. The van der Waals surface area contributed by atoms with Crippen LogP contribution in [0.3, 0.4) is 0 Å². The second-order valence-corrected chi connectivity index (χ2v) is 3.74. The van der Waals surface area contributed by atoms with E-state index in [4.69, 9.17) is 0 Å². The molecule has 0 aliphatic rings. The minimum atomic E-state index is 0.996. The Balaban J connectivity index is 2.54. The van der Waals surface area contributed by atoms with Crippen molar-refractivity contribution < 1.29 is 0 Å². The molecule has 0 saturated carbocycles. The molecule has 0 unspecified atom stereocenters. The molecule has 0 aromatic carbocycles. The molecule has 0 amide bonds. The van der Waals surface area contributed by atoms with Crippen molar-refractivity contribution in [1.82, 2.24) is 9.97 Å². The molecule has 0 atom stereocenters. The third-order valence-corrected chi connectivity index (χ3v) is 2.56. The zero-order valence-electron chi connectivity index (χ0n) is 6.81. The third kappa shape index (κ3) is 1.85. The fraction of sp³-hybridized carbons (Fsp3) is 0. The molecule has 2 heterocycles. The summed E-state index contributed by atoms with van der Waals surface area (Å²) in [5.74, 6) is 0. The second kappa shape index (κ2) is 3.83. The lowest BCUT2D eigenvalue weighted by molar-refractivity contribution is 1.27. The molecule has 64 valence electrons. The number of hydrogen-bond donors (Lipinski definition) is 0. The van der Waals surface area contributed by atoms with Crippen LogP contribution in [0.25, 0.3) is 11.3 Å². The first-order valence-corrected chi connectivity index (χ1v) is 4.97. The van der Waals surface area contributed by atoms with Gasteiger partial charge in [-0.25, -0.2) is 0 Å². The molecule has 0 radical (unpaired) electrons. The summed E-state index contributed by atoms with van der Waals surface area (Å²) < 4.78 is 1.15. The molecule has 0 aliphatic carbocycles. The van der Waals surface area contributed by atoms with Gasteiger partial charge in [-0.15, -0.1) is 0 Å². The van der Waals surface area contributed by atoms with Gasteiger partial charge in [0.05, 0.1) is 5.69 Å². The van der Waals surface area contributed by atoms with E-state index in [1.807, 2.05) is 30.5 Å². The highest BCUT2D eigenvalue weighted by molar-refractivity contribution is 14.1. The summed E-state index contributed by atoms with van der Waals surface area (Å²) in [5, 5.41) is 0. The molecule has 2 aromatic heterocycles. The highest BCUT2D eigenvalue weighted by atomic mass is 127. The van der Waals surface area contributed by atoms with E-state index in [1.165, 1.54) is 0 Å². The van der Waals surface area contributed by atoms with Crippen LogP contribution in [-0.2, 0) is 0 Å². The van der Waals surface area contributed by atoms with Crippen molar-refractivity contribution in [1.29, 1.82) is 0 Å². The van der Waals surface area contributed by atoms with Crippen LogP contribution in [-0.4, -0.2) is 9.97 Å². The lowest BCUT2D eigenvalue weighted by atomic mass is 10.2. The van der Waals surface area contributed by atoms with Crippen LogP contribution in [0.1, 0.15) is 0 Å². The largest absolute Gasteiger partial charge is 0.264 e. The fourth-order valence-corrected chi connectivity index (χ4v) is 1.76. The summed E-state index contributed by atoms with van der Waals surface area (Å²) in [7, 11) is 0. The number of nitrogens with zero attached hydrogens (tertiary/aromatic N) is 2. The fourth-order valence-electron chi connectivity index (χ4n) is 1.10. The Morgan fingerprint density at radius 3 is 2.62 bits per heavy atom. The van der Waals surface area contributed by atoms with Crippen molar-refractivity contribution in [2.45, 2.75) is 0 Å². The first kappa shape index (κ1) is 8.62. The number of aromatic nitrogens is 2. The topological polar surface area (TPSA) is 25.8 Å². The van der Waals surface area contributed by atoms with Crippen LogP contribution in [0.2, 0.25) is 0 Å². The molecule has 0 bridgehead atoms. The van der Waals surface area contributed by atoms with Gasteiger partial charge in [0.15, 0.2) is 0 Å². The summed E-state index contributed by atoms with van der Waals surface area (Å²) >= 11 is 2.27. The second-order valence-electron chi connectivity index (χ2n) is 2.58. The zero-order chi connectivity index (χ0) is 9.10. The lowest BCUT2D eigenvalue weighted by Gasteiger charge is -2.01. The number of pyridine rings is 2. The maximum absolute atomic E-state index is 4.30. The molecular weight excluding hydrogens is 275 g/mol. The van der Waals surface area contributed by atoms with Gasteiger partial charge in [0, 0.05) is 27.7 Å². The van der Waals surface area contributed by atoms with Gasteiger partial charge in [0.1, 0.15) is 0 Å². The maximum Gasteiger partial charge on any atom is 0.0850 e. The van der Waals surface area contributed by atoms with Crippen LogP contribution in [0.4, 0.5) is 0 Å². The standard InChI is InChI=1S/C10H7IN2/c11-9-4-2-6-13-10(9)8-3-1-5-12-7-8/h1-7H. The molecule has 0 spiro atoms. The van der Waals surface area contributed by atoms with Crippen molar-refractivity contribution in [2.24, 2.45) is 0 Å². The normalized spacial score (nSPS) is 9.92. The van der Waals surface area contributed by atoms with Crippen LogP contribution in [0.15, 0.2) is 42.9 Å². The van der Waals surface area contributed by atoms with Crippen molar-refractivity contribution >= 4 is 22.6 Å². The molecule has 0 saturated heterocycles. The Labute approximate surface area is 90.2 Å². The first-order valence-electron chi connectivity index (χ1n) is 3.89. The minimum absolute atomic E-state index is 0.996. The Kier molecular flexibility index (Phi) is 2.54. The average Bonchev–Trinajstić information content (AvgIpc) is 2.20. The number of rotatable bonds is 1. The van der Waals surface area contributed by atoms with Crippen LogP contribution in [0.5, 0.6) is 0 Å². The van der Waals surface area contributed by atoms with E-state index in [0.717, 1.165) is 14.8 Å². The Bertz CT molecular complexity index is 401. The molecule has 2 aromatic rings. The molecule has 0 N–H and O–H groups in total. The van der Waals surface area contributed by atoms with Crippen molar-refractivity contribution in [2.75, 3.05) is 0 Å². The highest BCUT2D eigenvalue weighted by Gasteiger charge is 2.01. The van der Waals surface area contributed by atoms with Crippen LogP contribution in [0, 0.1) is 3.57 Å². The van der Waals surface area contributed by atoms with Crippen molar-refractivity contribution in [3.8, 4) is 11.3 Å². The van der Waals surface area contributed by atoms with Gasteiger partial charge >= 0.3 is 0 Å². The number of hydrogen-bond acceptors (Lipinski definition) is 2. The van der Waals surface area contributed by atoms with E-state index < -0.39 is 0 Å². The predicted octanol–water partition coefficient (Wildman–Crippen LogP) is 2.75. The first-order chi connectivity index (χ1) is 6.38. The predicted molar refractivity (Wildman–Crippen MR) is 60.2 cm³/mol. The van der Waals surface area contributed by atoms with E-state index in [1.54, 1.807) is 12.4 Å². The zero-order valence-corrected chi connectivity index (χ0v) is 8.97. The van der Waals surface area contributed by atoms with Crippen molar-refractivity contribution in [3.05, 3.63) is 46.4 Å². The molecule has 0 fully saturated rings. The molecule has 13 heavy (non-hydrogen) atoms. The molecule has 2 nitrogen and oxygen atoms in total. The van der Waals surface area contributed by atoms with E-state index in [2.05, 4.69) is 32.6 Å². The SMILES string of the molecule is Ic1cccnc1-c1cccnc1. The quantitative estimate of drug-likeness (QED) is 0.752. The third-order valence-electron chi connectivity index (χ3n) is 1.69. The van der Waals surface area contributed by atoms with Crippen LogP contribution >= 0.6 is 22.6 Å². The van der Waals surface area contributed by atoms with Gasteiger partial charge < -0.3 is 0 Å². The minimum Gasteiger partial charge on any atom is -0.264 e. The van der Waals surface area contributed by atoms with E-state index in [-0.39, 0.29) is 0 Å². The molecule has 0 aliphatic heterocycles. The highest BCUT2D eigenvalue weighted by Crippen LogP contribution is 2.20. The average molecular weight is 282 g/mol. The monoisotopic (exact) mass is 282 g/mol. The molecule has 3 heteroatoms. The van der Waals surface area contributed by atoms with E-state index in [0.29, 0.717) is 0 Å². The summed E-state index contributed by atoms with van der Waals surface area (Å²) in [6, 6.07) is 7.90. The Hall–Kier alpha value is -0.970. The summed E-state index contributed by atoms with van der Waals surface area (Å²) in [6.07, 6.45) is 5.38. The van der Waals surface area contributed by atoms with Gasteiger partial charge in [-0.05, 0) is 46.9 Å². The van der Waals surface area contributed by atoms with Gasteiger partial charge in [-0.1, -0.05) is 0 Å². The molecule has 2 rings (SSSR count). The maximum atomic E-state index is 4.30. The summed E-state index contributed by atoms with van der Waals surface area (Å²) in [5.41, 5.74) is 2.06. The van der Waals surface area contributed by atoms with Gasteiger partial charge in [0.25, 0.3) is 0 Å². The van der Waals surface area contributed by atoms with E-state index >= 15 is 0 Å². The molecular formula is C10H7IN2. The van der Waals surface area contributed by atoms with Gasteiger partial charge in [-0.2, -0.15) is 0 Å². The van der Waals surface area contributed by atoms with E-state index in [9.17, 15) is 0 Å². The Morgan fingerprint density at radius 1 is 1.08 bits per heavy atom. The van der Waals surface area contributed by atoms with Crippen molar-refractivity contribution in [3.63, 3.8) is 0 Å². The lowest BCUT2D eigenvalue weighted by Crippen LogP contribution is -1.86. The summed E-state index contributed by atoms with van der Waals surface area (Å²) in [4.78, 5) is 8.36.